The molecule has 6 nitrogen and oxygen atoms in total. The second-order valence-corrected chi connectivity index (χ2v) is 7.50. The Hall–Kier alpha value is -1.68. The predicted octanol–water partition coefficient (Wildman–Crippen LogP) is 3.89. The third-order valence-electron chi connectivity index (χ3n) is 3.98. The molecule has 0 saturated carbocycles. The van der Waals surface area contributed by atoms with Crippen LogP contribution in [0, 0.1) is 0 Å². The van der Waals surface area contributed by atoms with Gasteiger partial charge in [-0.15, -0.1) is 35.3 Å². The molecule has 0 unspecified atom stereocenters. The number of hydrogen-bond donors (Lipinski definition) is 3. The Bertz CT molecular complexity index is 775. The highest BCUT2D eigenvalue weighted by molar-refractivity contribution is 14.0. The van der Waals surface area contributed by atoms with Gasteiger partial charge in [0.25, 0.3) is 5.91 Å². The summed E-state index contributed by atoms with van der Waals surface area (Å²) in [5, 5.41) is 12.6. The van der Waals surface area contributed by atoms with Crippen molar-refractivity contribution in [3.8, 4) is 0 Å². The van der Waals surface area contributed by atoms with E-state index >= 15 is 0 Å². The quantitative estimate of drug-likeness (QED) is 0.283. The third kappa shape index (κ3) is 7.75. The zero-order chi connectivity index (χ0) is 19.6. The molecule has 0 atom stereocenters. The van der Waals surface area contributed by atoms with Crippen molar-refractivity contribution in [3.63, 3.8) is 0 Å². The number of nitrogens with one attached hydrogen (secondary N) is 3. The number of halogens is 1. The third-order valence-corrected chi connectivity index (χ3v) is 4.84. The first-order valence-electron chi connectivity index (χ1n) is 9.29. The van der Waals surface area contributed by atoms with Crippen molar-refractivity contribution >= 4 is 47.2 Å². The lowest BCUT2D eigenvalue weighted by molar-refractivity contribution is 0.0953. The molecule has 0 aliphatic rings. The SMILES string of the molecule is CCCNC(=O)c1cccc(CNC(=NC)NCc2nc(C(C)C)cs2)c1.I. The Balaban J connectivity index is 0.00000392. The number of benzene rings is 1. The van der Waals surface area contributed by atoms with Crippen molar-refractivity contribution in [2.75, 3.05) is 13.6 Å². The molecule has 1 aromatic heterocycles. The second-order valence-electron chi connectivity index (χ2n) is 6.56. The maximum Gasteiger partial charge on any atom is 0.251 e. The van der Waals surface area contributed by atoms with Crippen molar-refractivity contribution in [1.82, 2.24) is 20.9 Å². The minimum absolute atomic E-state index is 0. The van der Waals surface area contributed by atoms with Crippen molar-refractivity contribution in [2.24, 2.45) is 4.99 Å². The molecular formula is C20H30IN5OS. The van der Waals surface area contributed by atoms with Crippen LogP contribution in [0.2, 0.25) is 0 Å². The fraction of sp³-hybridized carbons (Fsp3) is 0.450. The number of rotatable bonds is 8. The number of carbonyl (C=O) groups is 1. The zero-order valence-electron chi connectivity index (χ0n) is 16.9. The number of thiazole rings is 1. The molecule has 0 saturated heterocycles. The predicted molar refractivity (Wildman–Crippen MR) is 128 cm³/mol. The highest BCUT2D eigenvalue weighted by Crippen LogP contribution is 2.17. The summed E-state index contributed by atoms with van der Waals surface area (Å²) in [6.45, 7) is 8.23. The highest BCUT2D eigenvalue weighted by Gasteiger charge is 2.08. The van der Waals surface area contributed by atoms with Gasteiger partial charge in [0.05, 0.1) is 12.2 Å². The summed E-state index contributed by atoms with van der Waals surface area (Å²) in [5.41, 5.74) is 2.83. The van der Waals surface area contributed by atoms with Crippen LogP contribution in [0.4, 0.5) is 0 Å². The van der Waals surface area contributed by atoms with E-state index in [4.69, 9.17) is 0 Å². The number of carbonyl (C=O) groups excluding carboxylic acids is 1. The number of aromatic nitrogens is 1. The second kappa shape index (κ2) is 12.7. The Morgan fingerprint density at radius 1 is 1.21 bits per heavy atom. The fourth-order valence-corrected chi connectivity index (χ4v) is 3.30. The summed E-state index contributed by atoms with van der Waals surface area (Å²) in [7, 11) is 1.74. The van der Waals surface area contributed by atoms with Crippen molar-refractivity contribution < 1.29 is 4.79 Å². The van der Waals surface area contributed by atoms with Gasteiger partial charge < -0.3 is 16.0 Å². The first kappa shape index (κ1) is 24.4. The topological polar surface area (TPSA) is 78.4 Å². The van der Waals surface area contributed by atoms with Gasteiger partial charge in [-0.3, -0.25) is 9.79 Å². The molecule has 0 radical (unpaired) electrons. The average Bonchev–Trinajstić information content (AvgIpc) is 3.16. The molecule has 1 amide bonds. The molecule has 0 bridgehead atoms. The van der Waals surface area contributed by atoms with Gasteiger partial charge in [-0.2, -0.15) is 0 Å². The van der Waals surface area contributed by atoms with E-state index in [2.05, 4.69) is 45.2 Å². The number of guanidine groups is 1. The van der Waals surface area contributed by atoms with Crippen LogP contribution >= 0.6 is 35.3 Å². The van der Waals surface area contributed by atoms with E-state index in [1.807, 2.05) is 31.2 Å². The van der Waals surface area contributed by atoms with Crippen LogP contribution in [0.3, 0.4) is 0 Å². The number of aliphatic imine (C=N–C) groups is 1. The molecular weight excluding hydrogens is 485 g/mol. The van der Waals surface area contributed by atoms with Gasteiger partial charge in [-0.1, -0.05) is 32.9 Å². The number of amides is 1. The van der Waals surface area contributed by atoms with Gasteiger partial charge in [0.15, 0.2) is 5.96 Å². The lowest BCUT2D eigenvalue weighted by atomic mass is 10.1. The van der Waals surface area contributed by atoms with Crippen LogP contribution in [0.15, 0.2) is 34.6 Å². The van der Waals surface area contributed by atoms with E-state index in [1.165, 1.54) is 0 Å². The molecule has 8 heteroatoms. The van der Waals surface area contributed by atoms with Gasteiger partial charge in [0, 0.05) is 31.1 Å². The summed E-state index contributed by atoms with van der Waals surface area (Å²) in [6.07, 6.45) is 0.923. The van der Waals surface area contributed by atoms with Gasteiger partial charge in [0.2, 0.25) is 0 Å². The lowest BCUT2D eigenvalue weighted by Crippen LogP contribution is -2.36. The fourth-order valence-electron chi connectivity index (χ4n) is 2.40. The normalized spacial score (nSPS) is 11.1. The molecule has 0 fully saturated rings. The molecule has 0 spiro atoms. The molecule has 0 aliphatic heterocycles. The van der Waals surface area contributed by atoms with Crippen LogP contribution in [0.1, 0.15) is 59.7 Å². The number of nitrogens with zero attached hydrogens (tertiary/aromatic N) is 2. The van der Waals surface area contributed by atoms with Gasteiger partial charge in [0.1, 0.15) is 5.01 Å². The Kier molecular flexibility index (Phi) is 11.1. The lowest BCUT2D eigenvalue weighted by Gasteiger charge is -2.12. The highest BCUT2D eigenvalue weighted by atomic mass is 127. The molecule has 0 aliphatic carbocycles. The molecule has 1 aromatic carbocycles. The van der Waals surface area contributed by atoms with Crippen LogP contribution < -0.4 is 16.0 Å². The summed E-state index contributed by atoms with van der Waals surface area (Å²) in [5.74, 6) is 1.11. The molecule has 154 valence electrons. The van der Waals surface area contributed by atoms with Gasteiger partial charge in [-0.25, -0.2) is 4.98 Å². The van der Waals surface area contributed by atoms with Crippen molar-refractivity contribution in [2.45, 2.75) is 46.2 Å². The largest absolute Gasteiger partial charge is 0.352 e. The summed E-state index contributed by atoms with van der Waals surface area (Å²) in [4.78, 5) is 21.0. The maximum atomic E-state index is 12.1. The molecule has 3 N–H and O–H groups in total. The minimum Gasteiger partial charge on any atom is -0.352 e. The van der Waals surface area contributed by atoms with Gasteiger partial charge in [-0.05, 0) is 30.0 Å². The maximum absolute atomic E-state index is 12.1. The van der Waals surface area contributed by atoms with E-state index < -0.39 is 0 Å². The van der Waals surface area contributed by atoms with E-state index in [0.717, 1.165) is 22.7 Å². The summed E-state index contributed by atoms with van der Waals surface area (Å²) in [6, 6.07) is 7.63. The minimum atomic E-state index is -0.0362. The Labute approximate surface area is 188 Å². The Morgan fingerprint density at radius 2 is 1.96 bits per heavy atom. The molecule has 2 aromatic rings. The molecule has 28 heavy (non-hydrogen) atoms. The van der Waals surface area contributed by atoms with Crippen LogP contribution in [0.25, 0.3) is 0 Å². The Morgan fingerprint density at radius 3 is 2.61 bits per heavy atom. The van der Waals surface area contributed by atoms with Crippen molar-refractivity contribution in [1.29, 1.82) is 0 Å². The van der Waals surface area contributed by atoms with Gasteiger partial charge >= 0.3 is 0 Å². The summed E-state index contributed by atoms with van der Waals surface area (Å²) < 4.78 is 0. The monoisotopic (exact) mass is 515 g/mol. The summed E-state index contributed by atoms with van der Waals surface area (Å²) >= 11 is 1.66. The first-order valence-corrected chi connectivity index (χ1v) is 10.2. The van der Waals surface area contributed by atoms with E-state index in [9.17, 15) is 4.79 Å². The molecule has 1 heterocycles. The average molecular weight is 515 g/mol. The van der Waals surface area contributed by atoms with E-state index in [-0.39, 0.29) is 29.9 Å². The first-order chi connectivity index (χ1) is 13.0. The van der Waals surface area contributed by atoms with Crippen molar-refractivity contribution in [3.05, 3.63) is 51.5 Å². The molecule has 2 rings (SSSR count). The zero-order valence-corrected chi connectivity index (χ0v) is 20.1. The van der Waals surface area contributed by atoms with E-state index in [0.29, 0.717) is 37.1 Å². The van der Waals surface area contributed by atoms with Crippen LogP contribution in [0.5, 0.6) is 0 Å². The van der Waals surface area contributed by atoms with E-state index in [1.54, 1.807) is 18.4 Å². The van der Waals surface area contributed by atoms with Crippen LogP contribution in [-0.4, -0.2) is 30.4 Å². The smallest absolute Gasteiger partial charge is 0.251 e. The standard InChI is InChI=1S/C20H29N5OS.HI/c1-5-9-22-19(26)16-8-6-7-15(10-16)11-23-20(21-4)24-12-18-25-17(13-27-18)14(2)3;/h6-8,10,13-14H,5,9,11-12H2,1-4H3,(H,22,26)(H2,21,23,24);1H. The van der Waals surface area contributed by atoms with Crippen LogP contribution in [-0.2, 0) is 13.1 Å². The number of hydrogen-bond acceptors (Lipinski definition) is 4.